The van der Waals surface area contributed by atoms with Gasteiger partial charge in [0.05, 0.1) is 6.61 Å². The first-order valence-electron chi connectivity index (χ1n) is 6.82. The van der Waals surface area contributed by atoms with Crippen LogP contribution in [0.5, 0.6) is 0 Å². The van der Waals surface area contributed by atoms with Crippen molar-refractivity contribution in [2.75, 3.05) is 27.3 Å². The van der Waals surface area contributed by atoms with E-state index < -0.39 is 0 Å². The molecule has 0 aliphatic heterocycles. The molecule has 0 saturated heterocycles. The average molecular weight is 244 g/mol. The molecule has 104 valence electrons. The Kier molecular flexibility index (Phi) is 8.83. The molecule has 0 aliphatic carbocycles. The molecule has 2 unspecified atom stereocenters. The number of ether oxygens (including phenoxy) is 1. The van der Waals surface area contributed by atoms with Crippen LogP contribution in [0, 0.1) is 5.92 Å². The molecular formula is C14H32N2O. The minimum absolute atomic E-state index is 0.455. The second-order valence-electron chi connectivity index (χ2n) is 5.82. The number of nitrogens with zero attached hydrogens (tertiary/aromatic N) is 1. The minimum atomic E-state index is 0.455. The first kappa shape index (κ1) is 16.9. The number of hydrogen-bond donors (Lipinski definition) is 1. The first-order valence-corrected chi connectivity index (χ1v) is 6.82. The Hall–Kier alpha value is -0.120. The van der Waals surface area contributed by atoms with Crippen LogP contribution in [-0.2, 0) is 4.74 Å². The van der Waals surface area contributed by atoms with Crippen LogP contribution in [0.2, 0.25) is 0 Å². The van der Waals surface area contributed by atoms with E-state index in [-0.39, 0.29) is 0 Å². The average Bonchev–Trinajstić information content (AvgIpc) is 2.21. The van der Waals surface area contributed by atoms with E-state index in [1.165, 1.54) is 6.42 Å². The van der Waals surface area contributed by atoms with E-state index in [4.69, 9.17) is 4.74 Å². The molecule has 0 aromatic carbocycles. The molecule has 0 bridgehead atoms. The molecule has 0 aromatic heterocycles. The second-order valence-corrected chi connectivity index (χ2v) is 5.82. The highest BCUT2D eigenvalue weighted by molar-refractivity contribution is 4.77. The fraction of sp³-hybridized carbons (Fsp3) is 1.00. The molecule has 3 nitrogen and oxygen atoms in total. The molecule has 0 amide bonds. The molecule has 17 heavy (non-hydrogen) atoms. The quantitative estimate of drug-likeness (QED) is 0.674. The number of hydrogen-bond acceptors (Lipinski definition) is 3. The summed E-state index contributed by atoms with van der Waals surface area (Å²) < 4.78 is 5.33. The van der Waals surface area contributed by atoms with Crippen LogP contribution in [-0.4, -0.2) is 50.3 Å². The molecule has 0 radical (unpaired) electrons. The summed E-state index contributed by atoms with van der Waals surface area (Å²) in [6.45, 7) is 13.0. The molecule has 0 rings (SSSR count). The largest absolute Gasteiger partial charge is 0.383 e. The molecule has 0 heterocycles. The predicted octanol–water partition coefficient (Wildman–Crippen LogP) is 2.37. The summed E-state index contributed by atoms with van der Waals surface area (Å²) in [5.41, 5.74) is 0. The fourth-order valence-electron chi connectivity index (χ4n) is 2.09. The molecule has 0 spiro atoms. The standard InChI is InChI=1S/C14H32N2O/c1-11(2)8-13(5)16(6)14(10-17-7)9-15-12(3)4/h11-15H,8-10H2,1-7H3. The molecule has 0 aliphatic rings. The molecule has 0 aromatic rings. The Morgan fingerprint density at radius 3 is 2.12 bits per heavy atom. The highest BCUT2D eigenvalue weighted by atomic mass is 16.5. The van der Waals surface area contributed by atoms with E-state index >= 15 is 0 Å². The molecule has 0 saturated carbocycles. The van der Waals surface area contributed by atoms with Gasteiger partial charge in [-0.05, 0) is 26.3 Å². The summed E-state index contributed by atoms with van der Waals surface area (Å²) in [6, 6.07) is 1.59. The van der Waals surface area contributed by atoms with Crippen LogP contribution < -0.4 is 5.32 Å². The topological polar surface area (TPSA) is 24.5 Å². The summed E-state index contributed by atoms with van der Waals surface area (Å²) in [7, 11) is 3.99. The Morgan fingerprint density at radius 2 is 1.71 bits per heavy atom. The van der Waals surface area contributed by atoms with Crippen molar-refractivity contribution in [3.63, 3.8) is 0 Å². The van der Waals surface area contributed by atoms with Crippen molar-refractivity contribution in [3.05, 3.63) is 0 Å². The zero-order valence-corrected chi connectivity index (χ0v) is 12.8. The van der Waals surface area contributed by atoms with E-state index in [1.807, 2.05) is 0 Å². The first-order chi connectivity index (χ1) is 7.88. The van der Waals surface area contributed by atoms with Crippen LogP contribution in [0.1, 0.15) is 41.0 Å². The molecule has 1 N–H and O–H groups in total. The Morgan fingerprint density at radius 1 is 1.12 bits per heavy atom. The Labute approximate surface area is 108 Å². The number of methoxy groups -OCH3 is 1. The summed E-state index contributed by atoms with van der Waals surface area (Å²) in [4.78, 5) is 2.44. The highest BCUT2D eigenvalue weighted by Gasteiger charge is 2.20. The normalized spacial score (nSPS) is 15.9. The van der Waals surface area contributed by atoms with E-state index in [9.17, 15) is 0 Å². The van der Waals surface area contributed by atoms with Gasteiger partial charge in [-0.2, -0.15) is 0 Å². The lowest BCUT2D eigenvalue weighted by Gasteiger charge is -2.34. The molecule has 3 heteroatoms. The van der Waals surface area contributed by atoms with Crippen LogP contribution in [0.15, 0.2) is 0 Å². The van der Waals surface area contributed by atoms with Gasteiger partial charge in [-0.3, -0.25) is 4.90 Å². The summed E-state index contributed by atoms with van der Waals surface area (Å²) in [5, 5.41) is 3.50. The minimum Gasteiger partial charge on any atom is -0.383 e. The zero-order valence-electron chi connectivity index (χ0n) is 12.8. The van der Waals surface area contributed by atoms with Crippen molar-refractivity contribution >= 4 is 0 Å². The van der Waals surface area contributed by atoms with Gasteiger partial charge in [0.2, 0.25) is 0 Å². The Balaban J connectivity index is 4.25. The van der Waals surface area contributed by atoms with Crippen molar-refractivity contribution < 1.29 is 4.74 Å². The van der Waals surface area contributed by atoms with Gasteiger partial charge in [-0.25, -0.2) is 0 Å². The summed E-state index contributed by atoms with van der Waals surface area (Å²) in [6.07, 6.45) is 1.23. The van der Waals surface area contributed by atoms with Crippen molar-refractivity contribution in [1.82, 2.24) is 10.2 Å². The Bertz CT molecular complexity index is 183. The van der Waals surface area contributed by atoms with Crippen molar-refractivity contribution in [2.45, 2.75) is 59.2 Å². The van der Waals surface area contributed by atoms with Crippen molar-refractivity contribution in [1.29, 1.82) is 0 Å². The van der Waals surface area contributed by atoms with Crippen LogP contribution in [0.25, 0.3) is 0 Å². The summed E-state index contributed by atoms with van der Waals surface area (Å²) in [5.74, 6) is 0.744. The van der Waals surface area contributed by atoms with Gasteiger partial charge in [0.1, 0.15) is 0 Å². The highest BCUT2D eigenvalue weighted by Crippen LogP contribution is 2.12. The molecule has 0 fully saturated rings. The lowest BCUT2D eigenvalue weighted by atomic mass is 10.0. The van der Waals surface area contributed by atoms with Gasteiger partial charge in [0.15, 0.2) is 0 Å². The van der Waals surface area contributed by atoms with Gasteiger partial charge < -0.3 is 10.1 Å². The third kappa shape index (κ3) is 7.74. The maximum Gasteiger partial charge on any atom is 0.0630 e. The third-order valence-corrected chi connectivity index (χ3v) is 3.20. The van der Waals surface area contributed by atoms with Crippen molar-refractivity contribution in [2.24, 2.45) is 5.92 Å². The van der Waals surface area contributed by atoms with E-state index in [0.29, 0.717) is 18.1 Å². The van der Waals surface area contributed by atoms with Crippen LogP contribution in [0.4, 0.5) is 0 Å². The van der Waals surface area contributed by atoms with Crippen LogP contribution >= 0.6 is 0 Å². The van der Waals surface area contributed by atoms with Crippen molar-refractivity contribution in [3.8, 4) is 0 Å². The maximum atomic E-state index is 5.33. The van der Waals surface area contributed by atoms with E-state index in [1.54, 1.807) is 7.11 Å². The smallest absolute Gasteiger partial charge is 0.0630 e. The molecule has 2 atom stereocenters. The number of rotatable bonds is 9. The molecular weight excluding hydrogens is 212 g/mol. The van der Waals surface area contributed by atoms with E-state index in [2.05, 4.69) is 51.9 Å². The fourth-order valence-corrected chi connectivity index (χ4v) is 2.09. The maximum absolute atomic E-state index is 5.33. The van der Waals surface area contributed by atoms with E-state index in [0.717, 1.165) is 19.1 Å². The lowest BCUT2D eigenvalue weighted by Crippen LogP contribution is -2.48. The van der Waals surface area contributed by atoms with Gasteiger partial charge in [0, 0.05) is 31.8 Å². The number of nitrogens with one attached hydrogen (secondary N) is 1. The van der Waals surface area contributed by atoms with Crippen LogP contribution in [0.3, 0.4) is 0 Å². The van der Waals surface area contributed by atoms with Gasteiger partial charge in [-0.15, -0.1) is 0 Å². The van der Waals surface area contributed by atoms with Gasteiger partial charge >= 0.3 is 0 Å². The lowest BCUT2D eigenvalue weighted by molar-refractivity contribution is 0.0766. The third-order valence-electron chi connectivity index (χ3n) is 3.20. The van der Waals surface area contributed by atoms with Gasteiger partial charge in [0.25, 0.3) is 0 Å². The SMILES string of the molecule is COCC(CNC(C)C)N(C)C(C)CC(C)C. The van der Waals surface area contributed by atoms with Gasteiger partial charge in [-0.1, -0.05) is 27.7 Å². The monoisotopic (exact) mass is 244 g/mol. The zero-order chi connectivity index (χ0) is 13.4. The number of likely N-dealkylation sites (N-methyl/N-ethyl adjacent to an activating group) is 1. The second kappa shape index (κ2) is 8.90. The predicted molar refractivity (Wildman–Crippen MR) is 75.5 cm³/mol. The summed E-state index contributed by atoms with van der Waals surface area (Å²) >= 11 is 0.